The second-order valence-corrected chi connectivity index (χ2v) is 4.28. The smallest absolute Gasteiger partial charge is 0.131 e. The van der Waals surface area contributed by atoms with Crippen LogP contribution in [0.25, 0.3) is 11.3 Å². The molecule has 0 atom stereocenters. The van der Waals surface area contributed by atoms with Gasteiger partial charge < -0.3 is 5.11 Å². The standard InChI is InChI=1S/C15H18N2O/c1-2-3-12-4-6-13(7-5-12)14-8-10-16-15(17-14)9-11-18/h4-8,10,18H,2-3,9,11H2,1H3. The maximum Gasteiger partial charge on any atom is 0.131 e. The number of benzene rings is 1. The minimum atomic E-state index is 0.0822. The fourth-order valence-corrected chi connectivity index (χ4v) is 1.91. The van der Waals surface area contributed by atoms with E-state index in [4.69, 9.17) is 5.11 Å². The molecule has 0 spiro atoms. The van der Waals surface area contributed by atoms with Gasteiger partial charge in [-0.2, -0.15) is 0 Å². The van der Waals surface area contributed by atoms with Crippen molar-refractivity contribution in [2.45, 2.75) is 26.2 Å². The van der Waals surface area contributed by atoms with Crippen molar-refractivity contribution in [3.8, 4) is 11.3 Å². The molecule has 18 heavy (non-hydrogen) atoms. The third-order valence-electron chi connectivity index (χ3n) is 2.83. The van der Waals surface area contributed by atoms with Gasteiger partial charge in [0.2, 0.25) is 0 Å². The summed E-state index contributed by atoms with van der Waals surface area (Å²) in [4.78, 5) is 8.57. The van der Waals surface area contributed by atoms with E-state index in [1.54, 1.807) is 6.20 Å². The molecule has 0 unspecified atom stereocenters. The molecule has 1 heterocycles. The Kier molecular flexibility index (Phi) is 4.42. The first kappa shape index (κ1) is 12.7. The highest BCUT2D eigenvalue weighted by molar-refractivity contribution is 5.58. The Morgan fingerprint density at radius 2 is 1.83 bits per heavy atom. The summed E-state index contributed by atoms with van der Waals surface area (Å²) in [5, 5.41) is 8.90. The zero-order chi connectivity index (χ0) is 12.8. The van der Waals surface area contributed by atoms with Crippen LogP contribution >= 0.6 is 0 Å². The van der Waals surface area contributed by atoms with Crippen LogP contribution in [0.2, 0.25) is 0 Å². The van der Waals surface area contributed by atoms with Crippen LogP contribution in [0.5, 0.6) is 0 Å². The minimum Gasteiger partial charge on any atom is -0.396 e. The van der Waals surface area contributed by atoms with Crippen LogP contribution < -0.4 is 0 Å². The van der Waals surface area contributed by atoms with Crippen molar-refractivity contribution >= 4 is 0 Å². The Labute approximate surface area is 108 Å². The summed E-state index contributed by atoms with van der Waals surface area (Å²) in [5.74, 6) is 0.688. The van der Waals surface area contributed by atoms with Crippen molar-refractivity contribution in [1.82, 2.24) is 9.97 Å². The molecule has 1 aromatic heterocycles. The van der Waals surface area contributed by atoms with Gasteiger partial charge >= 0.3 is 0 Å². The summed E-state index contributed by atoms with van der Waals surface area (Å²) in [7, 11) is 0. The van der Waals surface area contributed by atoms with Crippen LogP contribution in [0.15, 0.2) is 36.5 Å². The number of hydrogen-bond acceptors (Lipinski definition) is 3. The van der Waals surface area contributed by atoms with Gasteiger partial charge in [0, 0.05) is 18.2 Å². The van der Waals surface area contributed by atoms with Gasteiger partial charge in [-0.3, -0.25) is 0 Å². The summed E-state index contributed by atoms with van der Waals surface area (Å²) < 4.78 is 0. The largest absolute Gasteiger partial charge is 0.396 e. The molecule has 0 fully saturated rings. The van der Waals surface area contributed by atoms with Crippen molar-refractivity contribution in [2.24, 2.45) is 0 Å². The molecule has 0 aliphatic heterocycles. The molecule has 3 heteroatoms. The Balaban J connectivity index is 2.22. The Hall–Kier alpha value is -1.74. The molecule has 0 saturated heterocycles. The molecular weight excluding hydrogens is 224 g/mol. The average molecular weight is 242 g/mol. The van der Waals surface area contributed by atoms with E-state index < -0.39 is 0 Å². The molecule has 2 aromatic rings. The minimum absolute atomic E-state index is 0.0822. The number of aliphatic hydroxyl groups excluding tert-OH is 1. The van der Waals surface area contributed by atoms with Gasteiger partial charge in [-0.15, -0.1) is 0 Å². The molecule has 0 bridgehead atoms. The first-order valence-corrected chi connectivity index (χ1v) is 6.35. The molecule has 2 rings (SSSR count). The summed E-state index contributed by atoms with van der Waals surface area (Å²) >= 11 is 0. The summed E-state index contributed by atoms with van der Waals surface area (Å²) in [6, 6.07) is 10.4. The molecule has 1 aromatic carbocycles. The first-order valence-electron chi connectivity index (χ1n) is 6.35. The van der Waals surface area contributed by atoms with E-state index >= 15 is 0 Å². The maximum atomic E-state index is 8.90. The maximum absolute atomic E-state index is 8.90. The third kappa shape index (κ3) is 3.14. The number of nitrogens with zero attached hydrogens (tertiary/aromatic N) is 2. The molecule has 0 amide bonds. The average Bonchev–Trinajstić information content (AvgIpc) is 2.41. The monoisotopic (exact) mass is 242 g/mol. The SMILES string of the molecule is CCCc1ccc(-c2ccnc(CCO)n2)cc1. The molecule has 3 nitrogen and oxygen atoms in total. The van der Waals surface area contributed by atoms with E-state index in [1.807, 2.05) is 6.07 Å². The number of aromatic nitrogens is 2. The molecule has 1 N–H and O–H groups in total. The molecular formula is C15H18N2O. The van der Waals surface area contributed by atoms with Crippen LogP contribution in [0.4, 0.5) is 0 Å². The Morgan fingerprint density at radius 3 is 2.50 bits per heavy atom. The van der Waals surface area contributed by atoms with E-state index in [0.29, 0.717) is 12.2 Å². The van der Waals surface area contributed by atoms with Gasteiger partial charge in [0.15, 0.2) is 0 Å². The fraction of sp³-hybridized carbons (Fsp3) is 0.333. The number of hydrogen-bond donors (Lipinski definition) is 1. The van der Waals surface area contributed by atoms with Crippen molar-refractivity contribution in [2.75, 3.05) is 6.61 Å². The van der Waals surface area contributed by atoms with Crippen LogP contribution in [0.3, 0.4) is 0 Å². The Morgan fingerprint density at radius 1 is 1.06 bits per heavy atom. The summed E-state index contributed by atoms with van der Waals surface area (Å²) in [5.41, 5.74) is 3.36. The van der Waals surface area contributed by atoms with Crippen molar-refractivity contribution in [3.05, 3.63) is 47.9 Å². The predicted octanol–water partition coefficient (Wildman–Crippen LogP) is 2.63. The molecule has 0 saturated carbocycles. The Bertz CT molecular complexity index is 494. The van der Waals surface area contributed by atoms with Crippen LogP contribution in [-0.2, 0) is 12.8 Å². The number of aliphatic hydroxyl groups is 1. The highest BCUT2D eigenvalue weighted by Gasteiger charge is 2.02. The lowest BCUT2D eigenvalue weighted by Gasteiger charge is -2.04. The van der Waals surface area contributed by atoms with Gasteiger partial charge in [-0.25, -0.2) is 9.97 Å². The van der Waals surface area contributed by atoms with Crippen LogP contribution in [0, 0.1) is 0 Å². The lowest BCUT2D eigenvalue weighted by Crippen LogP contribution is -1.99. The fourth-order valence-electron chi connectivity index (χ4n) is 1.91. The second kappa shape index (κ2) is 6.26. The predicted molar refractivity (Wildman–Crippen MR) is 72.3 cm³/mol. The highest BCUT2D eigenvalue weighted by atomic mass is 16.3. The van der Waals surface area contributed by atoms with Gasteiger partial charge in [-0.05, 0) is 18.1 Å². The topological polar surface area (TPSA) is 46.0 Å². The van der Waals surface area contributed by atoms with E-state index in [2.05, 4.69) is 41.2 Å². The third-order valence-corrected chi connectivity index (χ3v) is 2.83. The van der Waals surface area contributed by atoms with E-state index in [-0.39, 0.29) is 6.61 Å². The number of aryl methyl sites for hydroxylation is 1. The quantitative estimate of drug-likeness (QED) is 0.876. The molecule has 94 valence electrons. The van der Waals surface area contributed by atoms with Crippen molar-refractivity contribution in [1.29, 1.82) is 0 Å². The van der Waals surface area contributed by atoms with Crippen molar-refractivity contribution < 1.29 is 5.11 Å². The van der Waals surface area contributed by atoms with Crippen LogP contribution in [0.1, 0.15) is 24.7 Å². The van der Waals surface area contributed by atoms with E-state index in [9.17, 15) is 0 Å². The molecule has 0 aliphatic rings. The van der Waals surface area contributed by atoms with E-state index in [0.717, 1.165) is 24.1 Å². The van der Waals surface area contributed by atoms with Gasteiger partial charge in [0.1, 0.15) is 5.82 Å². The van der Waals surface area contributed by atoms with Gasteiger partial charge in [0.25, 0.3) is 0 Å². The highest BCUT2D eigenvalue weighted by Crippen LogP contribution is 2.17. The zero-order valence-corrected chi connectivity index (χ0v) is 10.6. The number of rotatable bonds is 5. The van der Waals surface area contributed by atoms with E-state index in [1.165, 1.54) is 5.56 Å². The van der Waals surface area contributed by atoms with Crippen molar-refractivity contribution in [3.63, 3.8) is 0 Å². The lowest BCUT2D eigenvalue weighted by molar-refractivity contribution is 0.296. The van der Waals surface area contributed by atoms with Gasteiger partial charge in [0.05, 0.1) is 12.3 Å². The molecule has 0 aliphatic carbocycles. The van der Waals surface area contributed by atoms with Gasteiger partial charge in [-0.1, -0.05) is 37.6 Å². The summed E-state index contributed by atoms with van der Waals surface area (Å²) in [6.07, 6.45) is 4.52. The zero-order valence-electron chi connectivity index (χ0n) is 10.6. The van der Waals surface area contributed by atoms with Crippen LogP contribution in [-0.4, -0.2) is 21.7 Å². The second-order valence-electron chi connectivity index (χ2n) is 4.28. The lowest BCUT2D eigenvalue weighted by atomic mass is 10.1. The molecule has 0 radical (unpaired) electrons. The summed E-state index contributed by atoms with van der Waals surface area (Å²) in [6.45, 7) is 2.26. The normalized spacial score (nSPS) is 10.6. The first-order chi connectivity index (χ1) is 8.83.